The van der Waals surface area contributed by atoms with Crippen molar-refractivity contribution in [1.82, 2.24) is 9.78 Å². The Morgan fingerprint density at radius 2 is 2.22 bits per heavy atom. The van der Waals surface area contributed by atoms with Crippen LogP contribution < -0.4 is 10.2 Å². The third-order valence-electron chi connectivity index (χ3n) is 4.32. The minimum atomic E-state index is 0.217. The fourth-order valence-electron chi connectivity index (χ4n) is 3.12. The molecule has 3 rings (SSSR count). The highest BCUT2D eigenvalue weighted by molar-refractivity contribution is 5.56. The summed E-state index contributed by atoms with van der Waals surface area (Å²) in [6.45, 7) is 3.90. The molecule has 1 N–H and O–H groups in total. The van der Waals surface area contributed by atoms with Gasteiger partial charge < -0.3 is 15.0 Å². The van der Waals surface area contributed by atoms with Crippen molar-refractivity contribution >= 4 is 11.4 Å². The number of anilines is 2. The van der Waals surface area contributed by atoms with Crippen LogP contribution in [0, 0.1) is 0 Å². The predicted octanol–water partition coefficient (Wildman–Crippen LogP) is 3.30. The van der Waals surface area contributed by atoms with Gasteiger partial charge in [-0.05, 0) is 31.4 Å². The molecule has 0 spiro atoms. The van der Waals surface area contributed by atoms with E-state index in [0.29, 0.717) is 6.10 Å². The van der Waals surface area contributed by atoms with Crippen LogP contribution in [0.25, 0.3) is 0 Å². The van der Waals surface area contributed by atoms with Crippen LogP contribution in [0.4, 0.5) is 11.4 Å². The summed E-state index contributed by atoms with van der Waals surface area (Å²) in [5, 5.41) is 8.00. The first-order chi connectivity index (χ1) is 11.1. The summed E-state index contributed by atoms with van der Waals surface area (Å²) < 4.78 is 7.65. The highest BCUT2D eigenvalue weighted by atomic mass is 16.5. The monoisotopic (exact) mass is 314 g/mol. The van der Waals surface area contributed by atoms with Gasteiger partial charge in [0.25, 0.3) is 0 Å². The zero-order chi connectivity index (χ0) is 16.2. The number of hydrogen-bond donors (Lipinski definition) is 1. The summed E-state index contributed by atoms with van der Waals surface area (Å²) in [6, 6.07) is 8.69. The number of aromatic nitrogens is 2. The molecule has 5 heteroatoms. The van der Waals surface area contributed by atoms with Crippen molar-refractivity contribution in [1.29, 1.82) is 0 Å². The minimum Gasteiger partial charge on any atom is -0.377 e. The van der Waals surface area contributed by atoms with Gasteiger partial charge in [-0.2, -0.15) is 5.10 Å². The lowest BCUT2D eigenvalue weighted by molar-refractivity contribution is 0.0940. The number of benzene rings is 1. The van der Waals surface area contributed by atoms with E-state index in [-0.39, 0.29) is 6.04 Å². The molecule has 1 aromatic carbocycles. The summed E-state index contributed by atoms with van der Waals surface area (Å²) in [4.78, 5) is 2.15. The second kappa shape index (κ2) is 7.04. The predicted molar refractivity (Wildman–Crippen MR) is 94.0 cm³/mol. The van der Waals surface area contributed by atoms with Gasteiger partial charge in [0.15, 0.2) is 0 Å². The van der Waals surface area contributed by atoms with E-state index in [1.54, 1.807) is 0 Å². The van der Waals surface area contributed by atoms with E-state index in [0.717, 1.165) is 31.7 Å². The quantitative estimate of drug-likeness (QED) is 0.888. The van der Waals surface area contributed by atoms with E-state index < -0.39 is 0 Å². The lowest BCUT2D eigenvalue weighted by Gasteiger charge is -2.22. The first-order valence-electron chi connectivity index (χ1n) is 8.30. The fraction of sp³-hybridized carbons (Fsp3) is 0.500. The fourth-order valence-corrected chi connectivity index (χ4v) is 3.12. The van der Waals surface area contributed by atoms with Crippen molar-refractivity contribution < 1.29 is 4.74 Å². The van der Waals surface area contributed by atoms with Gasteiger partial charge in [0, 0.05) is 32.6 Å². The molecule has 23 heavy (non-hydrogen) atoms. The van der Waals surface area contributed by atoms with E-state index in [1.165, 1.54) is 11.3 Å². The lowest BCUT2D eigenvalue weighted by atomic mass is 10.1. The molecule has 5 nitrogen and oxygen atoms in total. The Morgan fingerprint density at radius 3 is 2.96 bits per heavy atom. The average molecular weight is 314 g/mol. The topological polar surface area (TPSA) is 42.3 Å². The molecule has 0 saturated carbocycles. The van der Waals surface area contributed by atoms with Crippen molar-refractivity contribution in [2.24, 2.45) is 0 Å². The molecule has 0 amide bonds. The maximum absolute atomic E-state index is 5.67. The molecule has 1 aliphatic rings. The zero-order valence-corrected chi connectivity index (χ0v) is 14.2. The van der Waals surface area contributed by atoms with Crippen LogP contribution >= 0.6 is 0 Å². The third kappa shape index (κ3) is 3.85. The van der Waals surface area contributed by atoms with Crippen LogP contribution in [0.2, 0.25) is 0 Å². The Kier molecular flexibility index (Phi) is 4.86. The van der Waals surface area contributed by atoms with Crippen LogP contribution in [-0.4, -0.2) is 36.6 Å². The highest BCUT2D eigenvalue weighted by Gasteiger charge is 2.17. The maximum atomic E-state index is 5.67. The Labute approximate surface area is 138 Å². The molecule has 0 radical (unpaired) electrons. The van der Waals surface area contributed by atoms with Gasteiger partial charge in [0.05, 0.1) is 30.6 Å². The average Bonchev–Trinajstić information content (AvgIpc) is 3.20. The van der Waals surface area contributed by atoms with Crippen molar-refractivity contribution in [3.63, 3.8) is 0 Å². The van der Waals surface area contributed by atoms with Gasteiger partial charge in [-0.3, -0.25) is 4.68 Å². The van der Waals surface area contributed by atoms with E-state index in [4.69, 9.17) is 4.74 Å². The second-order valence-electron chi connectivity index (χ2n) is 6.41. The molecule has 1 saturated heterocycles. The number of ether oxygens (including phenoxy) is 1. The molecular formula is C18H26N4O. The van der Waals surface area contributed by atoms with Crippen LogP contribution in [0.1, 0.15) is 31.4 Å². The summed E-state index contributed by atoms with van der Waals surface area (Å²) in [5.41, 5.74) is 3.56. The Bertz CT molecular complexity index is 631. The second-order valence-corrected chi connectivity index (χ2v) is 6.41. The van der Waals surface area contributed by atoms with Gasteiger partial charge in [0.1, 0.15) is 0 Å². The number of hydrogen-bond acceptors (Lipinski definition) is 4. The first-order valence-corrected chi connectivity index (χ1v) is 8.30. The molecule has 2 aromatic rings. The van der Waals surface area contributed by atoms with Gasteiger partial charge in [-0.1, -0.05) is 18.2 Å². The normalized spacial score (nSPS) is 18.8. The Morgan fingerprint density at radius 1 is 1.39 bits per heavy atom. The number of para-hydroxylation sites is 1. The molecule has 124 valence electrons. The molecule has 0 unspecified atom stereocenters. The number of nitrogens with zero attached hydrogens (tertiary/aromatic N) is 3. The first kappa shape index (κ1) is 15.9. The van der Waals surface area contributed by atoms with Crippen molar-refractivity contribution in [3.05, 3.63) is 42.2 Å². The number of nitrogens with one attached hydrogen (secondary N) is 1. The summed E-state index contributed by atoms with van der Waals surface area (Å²) >= 11 is 0. The van der Waals surface area contributed by atoms with Crippen LogP contribution in [-0.2, 0) is 11.3 Å². The summed E-state index contributed by atoms with van der Waals surface area (Å²) in [5.74, 6) is 0. The molecule has 1 aliphatic heterocycles. The Hall–Kier alpha value is -2.01. The van der Waals surface area contributed by atoms with Crippen molar-refractivity contribution in [2.45, 2.75) is 38.5 Å². The van der Waals surface area contributed by atoms with E-state index in [1.807, 2.05) is 10.9 Å². The molecule has 1 aromatic heterocycles. The molecule has 1 fully saturated rings. The van der Waals surface area contributed by atoms with E-state index in [2.05, 4.69) is 66.8 Å². The molecule has 2 atom stereocenters. The molecule has 0 aliphatic carbocycles. The Balaban J connectivity index is 1.66. The van der Waals surface area contributed by atoms with Gasteiger partial charge in [-0.25, -0.2) is 0 Å². The van der Waals surface area contributed by atoms with Crippen molar-refractivity contribution in [3.8, 4) is 0 Å². The van der Waals surface area contributed by atoms with E-state index >= 15 is 0 Å². The van der Waals surface area contributed by atoms with Crippen LogP contribution in [0.3, 0.4) is 0 Å². The lowest BCUT2D eigenvalue weighted by Crippen LogP contribution is -2.16. The van der Waals surface area contributed by atoms with Gasteiger partial charge >= 0.3 is 0 Å². The van der Waals surface area contributed by atoms with Crippen LogP contribution in [0.5, 0.6) is 0 Å². The largest absolute Gasteiger partial charge is 0.377 e. The van der Waals surface area contributed by atoms with Gasteiger partial charge in [0.2, 0.25) is 0 Å². The summed E-state index contributed by atoms with van der Waals surface area (Å²) in [6.07, 6.45) is 6.57. The molecule has 0 bridgehead atoms. The third-order valence-corrected chi connectivity index (χ3v) is 4.32. The molecule has 2 heterocycles. The van der Waals surface area contributed by atoms with Crippen LogP contribution in [0.15, 0.2) is 36.7 Å². The highest BCUT2D eigenvalue weighted by Crippen LogP contribution is 2.27. The van der Waals surface area contributed by atoms with Crippen molar-refractivity contribution in [2.75, 3.05) is 30.9 Å². The zero-order valence-electron chi connectivity index (χ0n) is 14.2. The number of rotatable bonds is 6. The minimum absolute atomic E-state index is 0.217. The van der Waals surface area contributed by atoms with E-state index in [9.17, 15) is 0 Å². The smallest absolute Gasteiger partial charge is 0.0771 e. The maximum Gasteiger partial charge on any atom is 0.0771 e. The SMILES string of the molecule is C[C@@H](Nc1cnn(C[C@@H]2CCCO2)c1)c1ccccc1N(C)C. The standard InChI is InChI=1S/C18H26N4O/c1-14(17-8-4-5-9-18(17)21(2)3)20-15-11-19-22(12-15)13-16-7-6-10-23-16/h4-5,8-9,11-12,14,16,20H,6-7,10,13H2,1-3H3/t14-,16+/m1/s1. The summed E-state index contributed by atoms with van der Waals surface area (Å²) in [7, 11) is 4.15. The van der Waals surface area contributed by atoms with Gasteiger partial charge in [-0.15, -0.1) is 0 Å². The molecular weight excluding hydrogens is 288 g/mol.